The summed E-state index contributed by atoms with van der Waals surface area (Å²) >= 11 is 0. The standard InChI is InChI=1S/C15H29N4/c1-2-3-4-5-6-7-8-9-10-11-12-13-14-15-16-18-19-17-15/h1-14H2,(H,16,17,18,19). The summed E-state index contributed by atoms with van der Waals surface area (Å²) in [6.45, 7) is 3.87. The maximum Gasteiger partial charge on any atom is 0.148 e. The van der Waals surface area contributed by atoms with Crippen molar-refractivity contribution in [3.63, 3.8) is 0 Å². The molecular weight excluding hydrogens is 236 g/mol. The lowest BCUT2D eigenvalue weighted by Crippen LogP contribution is -1.89. The first-order valence-corrected chi connectivity index (χ1v) is 7.95. The Morgan fingerprint density at radius 1 is 0.737 bits per heavy atom. The van der Waals surface area contributed by atoms with E-state index in [1.54, 1.807) is 0 Å². The minimum Gasteiger partial charge on any atom is -0.243 e. The van der Waals surface area contributed by atoms with E-state index in [9.17, 15) is 0 Å². The highest BCUT2D eigenvalue weighted by molar-refractivity contribution is 4.74. The topological polar surface area (TPSA) is 54.5 Å². The molecule has 0 aliphatic heterocycles. The number of hydrogen-bond acceptors (Lipinski definition) is 3. The second kappa shape index (κ2) is 12.1. The van der Waals surface area contributed by atoms with Gasteiger partial charge in [-0.3, -0.25) is 0 Å². The van der Waals surface area contributed by atoms with Gasteiger partial charge in [0, 0.05) is 6.42 Å². The fraction of sp³-hybridized carbons (Fsp3) is 0.867. The molecule has 1 radical (unpaired) electrons. The summed E-state index contributed by atoms with van der Waals surface area (Å²) < 4.78 is 0. The number of aromatic nitrogens is 4. The van der Waals surface area contributed by atoms with Crippen LogP contribution in [0.1, 0.15) is 82.9 Å². The van der Waals surface area contributed by atoms with Crippen molar-refractivity contribution in [1.29, 1.82) is 0 Å². The smallest absolute Gasteiger partial charge is 0.148 e. The summed E-state index contributed by atoms with van der Waals surface area (Å²) in [6.07, 6.45) is 17.0. The van der Waals surface area contributed by atoms with Crippen LogP contribution in [0, 0.1) is 6.92 Å². The second-order valence-corrected chi connectivity index (χ2v) is 5.34. The average Bonchev–Trinajstić information content (AvgIpc) is 2.93. The molecule has 0 spiro atoms. The molecule has 0 atom stereocenters. The highest BCUT2D eigenvalue weighted by Gasteiger charge is 1.97. The molecule has 4 nitrogen and oxygen atoms in total. The molecule has 0 aliphatic rings. The molecule has 0 unspecified atom stereocenters. The van der Waals surface area contributed by atoms with Crippen molar-refractivity contribution in [1.82, 2.24) is 20.6 Å². The average molecular weight is 265 g/mol. The zero-order valence-electron chi connectivity index (χ0n) is 12.2. The van der Waals surface area contributed by atoms with Gasteiger partial charge in [-0.15, -0.1) is 5.10 Å². The van der Waals surface area contributed by atoms with Gasteiger partial charge in [0.2, 0.25) is 0 Å². The lowest BCUT2D eigenvalue weighted by Gasteiger charge is -2.02. The Morgan fingerprint density at radius 2 is 1.26 bits per heavy atom. The molecule has 109 valence electrons. The normalized spacial score (nSPS) is 11.0. The third kappa shape index (κ3) is 9.62. The second-order valence-electron chi connectivity index (χ2n) is 5.34. The van der Waals surface area contributed by atoms with Crippen LogP contribution >= 0.6 is 0 Å². The van der Waals surface area contributed by atoms with Crippen molar-refractivity contribution in [3.8, 4) is 0 Å². The van der Waals surface area contributed by atoms with Crippen LogP contribution in [0.4, 0.5) is 0 Å². The van der Waals surface area contributed by atoms with Crippen LogP contribution in [-0.4, -0.2) is 20.6 Å². The van der Waals surface area contributed by atoms with Crippen LogP contribution in [0.3, 0.4) is 0 Å². The van der Waals surface area contributed by atoms with E-state index in [0.29, 0.717) is 0 Å². The molecule has 0 aliphatic carbocycles. The molecule has 0 saturated heterocycles. The maximum absolute atomic E-state index is 3.88. The first kappa shape index (κ1) is 16.1. The summed E-state index contributed by atoms with van der Waals surface area (Å²) in [5.41, 5.74) is 0. The van der Waals surface area contributed by atoms with Gasteiger partial charge in [0.05, 0.1) is 0 Å². The number of aryl methyl sites for hydroxylation is 1. The molecule has 1 aromatic heterocycles. The highest BCUT2D eigenvalue weighted by Crippen LogP contribution is 2.12. The van der Waals surface area contributed by atoms with Crippen LogP contribution in [0.5, 0.6) is 0 Å². The quantitative estimate of drug-likeness (QED) is 0.542. The van der Waals surface area contributed by atoms with Crippen LogP contribution in [0.25, 0.3) is 0 Å². The van der Waals surface area contributed by atoms with Crippen molar-refractivity contribution in [2.75, 3.05) is 0 Å². The molecule has 1 heterocycles. The van der Waals surface area contributed by atoms with E-state index in [0.717, 1.165) is 18.7 Å². The largest absolute Gasteiger partial charge is 0.243 e. The first-order chi connectivity index (χ1) is 9.43. The molecule has 1 rings (SSSR count). The predicted octanol–water partition coefficient (Wildman–Crippen LogP) is 4.26. The highest BCUT2D eigenvalue weighted by atomic mass is 15.5. The Bertz CT molecular complexity index is 272. The molecule has 0 aromatic carbocycles. The molecule has 1 aromatic rings. The van der Waals surface area contributed by atoms with Crippen molar-refractivity contribution in [2.45, 2.75) is 83.5 Å². The molecule has 4 heteroatoms. The van der Waals surface area contributed by atoms with Crippen LogP contribution < -0.4 is 0 Å². The van der Waals surface area contributed by atoms with E-state index < -0.39 is 0 Å². The van der Waals surface area contributed by atoms with Crippen molar-refractivity contribution in [3.05, 3.63) is 12.7 Å². The fourth-order valence-corrected chi connectivity index (χ4v) is 2.34. The Hall–Kier alpha value is -0.930. The SMILES string of the molecule is [CH2]CCCCCCCCCCCCCc1nnn[nH]1. The fourth-order valence-electron chi connectivity index (χ4n) is 2.34. The molecule has 0 bridgehead atoms. The molecule has 1 N–H and O–H groups in total. The summed E-state index contributed by atoms with van der Waals surface area (Å²) in [5, 5.41) is 13.8. The maximum atomic E-state index is 3.88. The molecule has 0 saturated carbocycles. The summed E-state index contributed by atoms with van der Waals surface area (Å²) in [5.74, 6) is 0.919. The van der Waals surface area contributed by atoms with Gasteiger partial charge in [0.1, 0.15) is 5.82 Å². The first-order valence-electron chi connectivity index (χ1n) is 7.95. The van der Waals surface area contributed by atoms with Gasteiger partial charge >= 0.3 is 0 Å². The van der Waals surface area contributed by atoms with Gasteiger partial charge in [0.15, 0.2) is 0 Å². The minimum atomic E-state index is 0.919. The van der Waals surface area contributed by atoms with Crippen molar-refractivity contribution < 1.29 is 0 Å². The zero-order valence-corrected chi connectivity index (χ0v) is 12.2. The van der Waals surface area contributed by atoms with Gasteiger partial charge in [-0.1, -0.05) is 77.6 Å². The zero-order chi connectivity index (χ0) is 13.6. The van der Waals surface area contributed by atoms with Crippen LogP contribution in [0.15, 0.2) is 0 Å². The Labute approximate surface area is 117 Å². The Balaban J connectivity index is 1.72. The molecular formula is C15H29N4. The van der Waals surface area contributed by atoms with E-state index in [-0.39, 0.29) is 0 Å². The number of nitrogens with zero attached hydrogens (tertiary/aromatic N) is 3. The minimum absolute atomic E-state index is 0.919. The molecule has 0 amide bonds. The van der Waals surface area contributed by atoms with Crippen LogP contribution in [-0.2, 0) is 6.42 Å². The number of hydrogen-bond donors (Lipinski definition) is 1. The van der Waals surface area contributed by atoms with Gasteiger partial charge in [-0.2, -0.15) is 0 Å². The van der Waals surface area contributed by atoms with Crippen molar-refractivity contribution >= 4 is 0 Å². The van der Waals surface area contributed by atoms with E-state index in [4.69, 9.17) is 0 Å². The van der Waals surface area contributed by atoms with E-state index in [2.05, 4.69) is 27.5 Å². The number of tetrazole rings is 1. The van der Waals surface area contributed by atoms with E-state index in [1.807, 2.05) is 0 Å². The van der Waals surface area contributed by atoms with Gasteiger partial charge < -0.3 is 0 Å². The van der Waals surface area contributed by atoms with Gasteiger partial charge in [-0.05, 0) is 16.8 Å². The third-order valence-corrected chi connectivity index (χ3v) is 3.55. The summed E-state index contributed by atoms with van der Waals surface area (Å²) in [4.78, 5) is 0. The third-order valence-electron chi connectivity index (χ3n) is 3.55. The monoisotopic (exact) mass is 265 g/mol. The number of unbranched alkanes of at least 4 members (excludes halogenated alkanes) is 11. The summed E-state index contributed by atoms with van der Waals surface area (Å²) in [6, 6.07) is 0. The van der Waals surface area contributed by atoms with Gasteiger partial charge in [0.25, 0.3) is 0 Å². The lowest BCUT2D eigenvalue weighted by atomic mass is 10.0. The van der Waals surface area contributed by atoms with E-state index >= 15 is 0 Å². The molecule has 0 fully saturated rings. The molecule has 19 heavy (non-hydrogen) atoms. The van der Waals surface area contributed by atoms with Crippen molar-refractivity contribution in [2.24, 2.45) is 0 Å². The lowest BCUT2D eigenvalue weighted by molar-refractivity contribution is 0.544. The number of aromatic amines is 1. The van der Waals surface area contributed by atoms with Gasteiger partial charge in [-0.25, -0.2) is 5.10 Å². The Kier molecular flexibility index (Phi) is 10.3. The predicted molar refractivity (Wildman–Crippen MR) is 78.6 cm³/mol. The number of H-pyrrole nitrogens is 1. The Morgan fingerprint density at radius 3 is 1.74 bits per heavy atom. The summed E-state index contributed by atoms with van der Waals surface area (Å²) in [7, 11) is 0. The number of rotatable bonds is 13. The number of nitrogens with one attached hydrogen (secondary N) is 1. The van der Waals surface area contributed by atoms with Crippen LogP contribution in [0.2, 0.25) is 0 Å². The van der Waals surface area contributed by atoms with E-state index in [1.165, 1.54) is 70.6 Å².